The summed E-state index contributed by atoms with van der Waals surface area (Å²) in [5.74, 6) is 0.488. The average molecular weight is 533 g/mol. The molecule has 0 saturated heterocycles. The van der Waals surface area contributed by atoms with Crippen molar-refractivity contribution in [1.29, 1.82) is 0 Å². The molecule has 194 valence electrons. The molecule has 11 heteroatoms. The van der Waals surface area contributed by atoms with E-state index in [0.717, 1.165) is 0 Å². The maximum absolute atomic E-state index is 13.7. The minimum atomic E-state index is -6.49. The molecule has 1 unspecified atom stereocenters. The fourth-order valence-corrected chi connectivity index (χ4v) is 4.70. The predicted octanol–water partition coefficient (Wildman–Crippen LogP) is 6.61. The van der Waals surface area contributed by atoms with Crippen LogP contribution in [0.4, 0.5) is 26.3 Å². The van der Waals surface area contributed by atoms with Gasteiger partial charge in [0.25, 0.3) is 0 Å². The Labute approximate surface area is 204 Å². The van der Waals surface area contributed by atoms with Crippen molar-refractivity contribution in [2.24, 2.45) is 0 Å². The quantitative estimate of drug-likeness (QED) is 0.135. The van der Waals surface area contributed by atoms with Gasteiger partial charge in [0.1, 0.15) is 5.75 Å². The molecule has 0 heterocycles. The van der Waals surface area contributed by atoms with E-state index in [1.807, 2.05) is 0 Å². The second kappa shape index (κ2) is 10.5. The molecular formula is C25H22F6O4S. The van der Waals surface area contributed by atoms with Gasteiger partial charge in [-0.3, -0.25) is 4.18 Å². The normalized spacial score (nSPS) is 13.9. The van der Waals surface area contributed by atoms with E-state index in [1.54, 1.807) is 84.9 Å². The number of benzene rings is 3. The molecular weight excluding hydrogens is 510 g/mol. The summed E-state index contributed by atoms with van der Waals surface area (Å²) in [6, 6.07) is 23.4. The van der Waals surface area contributed by atoms with Crippen molar-refractivity contribution < 1.29 is 43.7 Å². The highest BCUT2D eigenvalue weighted by molar-refractivity contribution is 7.87. The third kappa shape index (κ3) is 5.84. The van der Waals surface area contributed by atoms with Crippen LogP contribution in [0, 0.1) is 0 Å². The van der Waals surface area contributed by atoms with Crippen LogP contribution in [-0.2, 0) is 19.7 Å². The van der Waals surface area contributed by atoms with Crippen molar-refractivity contribution in [3.05, 3.63) is 102 Å². The van der Waals surface area contributed by atoms with Crippen LogP contribution in [0.1, 0.15) is 29.5 Å². The van der Waals surface area contributed by atoms with Gasteiger partial charge in [0.2, 0.25) is 0 Å². The lowest BCUT2D eigenvalue weighted by Crippen LogP contribution is -2.40. The van der Waals surface area contributed by atoms with Crippen LogP contribution >= 0.6 is 0 Å². The summed E-state index contributed by atoms with van der Waals surface area (Å²) in [6.07, 6.45) is -10.1. The highest BCUT2D eigenvalue weighted by Gasteiger charge is 2.54. The molecule has 0 aliphatic rings. The minimum absolute atomic E-state index is 0.426. The lowest BCUT2D eigenvalue weighted by atomic mass is 9.66. The molecule has 0 amide bonds. The molecule has 0 fully saturated rings. The van der Waals surface area contributed by atoms with E-state index in [9.17, 15) is 34.8 Å². The van der Waals surface area contributed by atoms with Crippen molar-refractivity contribution in [2.45, 2.75) is 36.0 Å². The number of hydrogen-bond acceptors (Lipinski definition) is 4. The van der Waals surface area contributed by atoms with Gasteiger partial charge >= 0.3 is 21.8 Å². The molecule has 0 aromatic heterocycles. The molecule has 4 nitrogen and oxygen atoms in total. The predicted molar refractivity (Wildman–Crippen MR) is 121 cm³/mol. The van der Waals surface area contributed by atoms with Gasteiger partial charge in [0.15, 0.2) is 6.10 Å². The second-order valence-electron chi connectivity index (χ2n) is 7.93. The standard InChI is InChI=1S/C25H22F6O4S/c1-34-21-14-12-20(13-15-21)23(18-8-4-2-5-9-18,19-10-6-3-7-11-19)17-16-22(24(26,27)28)35-36(32,33)25(29,30)31/h2-15,22H,16-17H2,1H3. The molecule has 0 aliphatic carbocycles. The number of hydrogen-bond donors (Lipinski definition) is 0. The zero-order valence-electron chi connectivity index (χ0n) is 18.9. The second-order valence-corrected chi connectivity index (χ2v) is 9.49. The van der Waals surface area contributed by atoms with Gasteiger partial charge in [-0.15, -0.1) is 0 Å². The van der Waals surface area contributed by atoms with E-state index in [4.69, 9.17) is 4.74 Å². The Morgan fingerprint density at radius 1 is 0.722 bits per heavy atom. The third-order valence-electron chi connectivity index (χ3n) is 5.79. The van der Waals surface area contributed by atoms with Crippen molar-refractivity contribution >= 4 is 10.1 Å². The molecule has 1 atom stereocenters. The van der Waals surface area contributed by atoms with Crippen molar-refractivity contribution in [2.75, 3.05) is 7.11 Å². The van der Waals surface area contributed by atoms with E-state index in [1.165, 1.54) is 7.11 Å². The van der Waals surface area contributed by atoms with Gasteiger partial charge in [-0.05, 0) is 41.7 Å². The Morgan fingerprint density at radius 3 is 1.56 bits per heavy atom. The first-order valence-electron chi connectivity index (χ1n) is 10.6. The van der Waals surface area contributed by atoms with E-state index in [0.29, 0.717) is 22.4 Å². The minimum Gasteiger partial charge on any atom is -0.497 e. The Bertz CT molecular complexity index is 1190. The Kier molecular flexibility index (Phi) is 8.04. The van der Waals surface area contributed by atoms with Crippen LogP contribution in [0.2, 0.25) is 0 Å². The molecule has 0 saturated carbocycles. The fourth-order valence-electron chi connectivity index (χ4n) is 4.08. The SMILES string of the molecule is COc1ccc(C(CCC(OS(=O)(=O)C(F)(F)F)C(F)(F)F)(c2ccccc2)c2ccccc2)cc1. The van der Waals surface area contributed by atoms with E-state index < -0.39 is 46.2 Å². The molecule has 3 rings (SSSR count). The van der Waals surface area contributed by atoms with Crippen LogP contribution in [0.3, 0.4) is 0 Å². The lowest BCUT2D eigenvalue weighted by molar-refractivity contribution is -0.199. The molecule has 0 spiro atoms. The topological polar surface area (TPSA) is 52.6 Å². The number of halogens is 6. The third-order valence-corrected chi connectivity index (χ3v) is 6.84. The largest absolute Gasteiger partial charge is 0.523 e. The summed E-state index contributed by atoms with van der Waals surface area (Å²) in [6.45, 7) is 0. The number of rotatable bonds is 9. The number of methoxy groups -OCH3 is 1. The van der Waals surface area contributed by atoms with Crippen LogP contribution in [0.15, 0.2) is 84.9 Å². The molecule has 0 aliphatic heterocycles. The Morgan fingerprint density at radius 2 is 1.17 bits per heavy atom. The lowest BCUT2D eigenvalue weighted by Gasteiger charge is -2.37. The number of ether oxygens (including phenoxy) is 1. The fraction of sp³-hybridized carbons (Fsp3) is 0.280. The first kappa shape index (κ1) is 27.5. The Balaban J connectivity index is 2.17. The van der Waals surface area contributed by atoms with E-state index in [-0.39, 0.29) is 0 Å². The number of alkyl halides is 6. The molecule has 3 aromatic carbocycles. The zero-order chi connectivity index (χ0) is 26.6. The molecule has 0 bridgehead atoms. The van der Waals surface area contributed by atoms with Crippen LogP contribution in [0.25, 0.3) is 0 Å². The van der Waals surface area contributed by atoms with Crippen molar-refractivity contribution in [3.63, 3.8) is 0 Å². The van der Waals surface area contributed by atoms with Gasteiger partial charge < -0.3 is 4.74 Å². The maximum Gasteiger partial charge on any atom is 0.523 e. The summed E-state index contributed by atoms with van der Waals surface area (Å²) in [7, 11) is -5.04. The highest BCUT2D eigenvalue weighted by Crippen LogP contribution is 2.45. The van der Waals surface area contributed by atoms with E-state index in [2.05, 4.69) is 4.18 Å². The van der Waals surface area contributed by atoms with E-state index >= 15 is 0 Å². The summed E-state index contributed by atoms with van der Waals surface area (Å²) in [5.41, 5.74) is -5.64. The van der Waals surface area contributed by atoms with Crippen molar-refractivity contribution in [3.8, 4) is 5.75 Å². The van der Waals surface area contributed by atoms with Crippen LogP contribution < -0.4 is 4.74 Å². The van der Waals surface area contributed by atoms with Gasteiger partial charge in [0, 0.05) is 5.41 Å². The molecule has 0 N–H and O–H groups in total. The van der Waals surface area contributed by atoms with Gasteiger partial charge in [0.05, 0.1) is 7.11 Å². The molecule has 3 aromatic rings. The summed E-state index contributed by atoms with van der Waals surface area (Å²) in [4.78, 5) is 0. The van der Waals surface area contributed by atoms with Crippen LogP contribution in [0.5, 0.6) is 5.75 Å². The van der Waals surface area contributed by atoms with Gasteiger partial charge in [-0.25, -0.2) is 0 Å². The van der Waals surface area contributed by atoms with Crippen LogP contribution in [-0.4, -0.2) is 33.3 Å². The molecule has 0 radical (unpaired) electrons. The summed E-state index contributed by atoms with van der Waals surface area (Å²) >= 11 is 0. The summed E-state index contributed by atoms with van der Waals surface area (Å²) in [5, 5.41) is 0. The van der Waals surface area contributed by atoms with Gasteiger partial charge in [-0.2, -0.15) is 34.8 Å². The first-order chi connectivity index (χ1) is 16.8. The van der Waals surface area contributed by atoms with Crippen molar-refractivity contribution in [1.82, 2.24) is 0 Å². The van der Waals surface area contributed by atoms with Gasteiger partial charge in [-0.1, -0.05) is 72.8 Å². The maximum atomic E-state index is 13.7. The Hall–Kier alpha value is -3.05. The summed E-state index contributed by atoms with van der Waals surface area (Å²) < 4.78 is 112. The molecule has 36 heavy (non-hydrogen) atoms. The average Bonchev–Trinajstić information content (AvgIpc) is 2.84. The monoisotopic (exact) mass is 532 g/mol. The smallest absolute Gasteiger partial charge is 0.497 e. The highest BCUT2D eigenvalue weighted by atomic mass is 32.2. The first-order valence-corrected chi connectivity index (χ1v) is 12.0. The zero-order valence-corrected chi connectivity index (χ0v) is 19.7.